The van der Waals surface area contributed by atoms with Crippen molar-refractivity contribution in [2.45, 2.75) is 31.8 Å². The highest BCUT2D eigenvalue weighted by Crippen LogP contribution is 2.31. The molecule has 1 aliphatic carbocycles. The number of allylic oxidation sites excluding steroid dienone is 1. The number of nitrogens with zero attached hydrogens (tertiary/aromatic N) is 1. The van der Waals surface area contributed by atoms with Gasteiger partial charge in [-0.05, 0) is 25.7 Å². The van der Waals surface area contributed by atoms with E-state index in [1.54, 1.807) is 0 Å². The summed E-state index contributed by atoms with van der Waals surface area (Å²) in [7, 11) is 1.81. The fraction of sp³-hybridized carbons (Fsp3) is 0.727. The summed E-state index contributed by atoms with van der Waals surface area (Å²) in [6.07, 6.45) is 9.27. The Labute approximate surface area is 85.2 Å². The second-order valence-electron chi connectivity index (χ2n) is 4.00. The van der Waals surface area contributed by atoms with E-state index in [-0.39, 0.29) is 0 Å². The third-order valence-corrected chi connectivity index (χ3v) is 3.13. The van der Waals surface area contributed by atoms with E-state index in [2.05, 4.69) is 16.5 Å². The first kappa shape index (κ1) is 9.71. The fourth-order valence-electron chi connectivity index (χ4n) is 2.22. The van der Waals surface area contributed by atoms with Gasteiger partial charge in [0.2, 0.25) is 0 Å². The number of hydrogen-bond acceptors (Lipinski definition) is 3. The molecule has 0 aromatic heterocycles. The second-order valence-corrected chi connectivity index (χ2v) is 4.00. The third-order valence-electron chi connectivity index (χ3n) is 3.13. The van der Waals surface area contributed by atoms with E-state index in [9.17, 15) is 0 Å². The minimum Gasteiger partial charge on any atom is -0.384 e. The van der Waals surface area contributed by atoms with E-state index in [1.807, 2.05) is 13.3 Å². The molecule has 0 bridgehead atoms. The molecular weight excluding hydrogens is 176 g/mol. The van der Waals surface area contributed by atoms with Crippen molar-refractivity contribution >= 4 is 6.21 Å². The van der Waals surface area contributed by atoms with Gasteiger partial charge in [0.05, 0.1) is 11.8 Å². The lowest BCUT2D eigenvalue weighted by Crippen LogP contribution is -2.23. The molecule has 0 radical (unpaired) electrons. The standard InChI is InChI=1S/C11H18N2O/c1-14-10-4-2-9(3-5-10)11-8-12-6-7-13-11/h7-10,12H,2-6H2,1H3. The first-order chi connectivity index (χ1) is 6.90. The highest BCUT2D eigenvalue weighted by atomic mass is 16.5. The highest BCUT2D eigenvalue weighted by molar-refractivity contribution is 5.62. The molecule has 0 atom stereocenters. The molecule has 0 saturated heterocycles. The van der Waals surface area contributed by atoms with Crippen molar-refractivity contribution in [2.24, 2.45) is 10.9 Å². The van der Waals surface area contributed by atoms with Crippen molar-refractivity contribution in [3.05, 3.63) is 11.9 Å². The lowest BCUT2D eigenvalue weighted by molar-refractivity contribution is 0.0612. The zero-order valence-electron chi connectivity index (χ0n) is 8.70. The van der Waals surface area contributed by atoms with E-state index in [1.165, 1.54) is 31.4 Å². The molecule has 2 rings (SSSR count). The molecule has 0 spiro atoms. The summed E-state index contributed by atoms with van der Waals surface area (Å²) in [5.74, 6) is 0.644. The lowest BCUT2D eigenvalue weighted by Gasteiger charge is -2.28. The molecule has 78 valence electrons. The summed E-state index contributed by atoms with van der Waals surface area (Å²) in [4.78, 5) is 4.44. The van der Waals surface area contributed by atoms with Crippen molar-refractivity contribution in [2.75, 3.05) is 13.7 Å². The summed E-state index contributed by atoms with van der Waals surface area (Å²) in [6, 6.07) is 0. The maximum atomic E-state index is 5.35. The maximum absolute atomic E-state index is 5.35. The van der Waals surface area contributed by atoms with Crippen LogP contribution in [-0.2, 0) is 4.74 Å². The quantitative estimate of drug-likeness (QED) is 0.726. The topological polar surface area (TPSA) is 33.6 Å². The summed E-state index contributed by atoms with van der Waals surface area (Å²) in [6.45, 7) is 0.872. The summed E-state index contributed by atoms with van der Waals surface area (Å²) in [5, 5.41) is 3.21. The maximum Gasteiger partial charge on any atom is 0.0587 e. The van der Waals surface area contributed by atoms with Crippen molar-refractivity contribution in [3.8, 4) is 0 Å². The van der Waals surface area contributed by atoms with E-state index < -0.39 is 0 Å². The first-order valence-electron chi connectivity index (χ1n) is 5.39. The highest BCUT2D eigenvalue weighted by Gasteiger charge is 2.23. The van der Waals surface area contributed by atoms with Crippen molar-refractivity contribution in [3.63, 3.8) is 0 Å². The number of nitrogens with one attached hydrogen (secondary N) is 1. The molecule has 1 fully saturated rings. The van der Waals surface area contributed by atoms with Crippen LogP contribution < -0.4 is 5.32 Å². The van der Waals surface area contributed by atoms with Crippen molar-refractivity contribution in [1.29, 1.82) is 0 Å². The van der Waals surface area contributed by atoms with Crippen LogP contribution in [0.25, 0.3) is 0 Å². The number of hydrogen-bond donors (Lipinski definition) is 1. The van der Waals surface area contributed by atoms with Crippen LogP contribution in [0, 0.1) is 5.92 Å². The van der Waals surface area contributed by atoms with Gasteiger partial charge in [0.1, 0.15) is 0 Å². The predicted octanol–water partition coefficient (Wildman–Crippen LogP) is 1.71. The van der Waals surface area contributed by atoms with Gasteiger partial charge in [0, 0.05) is 32.0 Å². The Balaban J connectivity index is 1.88. The van der Waals surface area contributed by atoms with Gasteiger partial charge in [0.25, 0.3) is 0 Å². The van der Waals surface area contributed by atoms with E-state index >= 15 is 0 Å². The summed E-state index contributed by atoms with van der Waals surface area (Å²) in [5.41, 5.74) is 1.23. The largest absolute Gasteiger partial charge is 0.384 e. The Morgan fingerprint density at radius 1 is 1.36 bits per heavy atom. The van der Waals surface area contributed by atoms with Crippen LogP contribution in [0.1, 0.15) is 25.7 Å². The van der Waals surface area contributed by atoms with Crippen molar-refractivity contribution < 1.29 is 4.74 Å². The monoisotopic (exact) mass is 194 g/mol. The van der Waals surface area contributed by atoms with E-state index in [4.69, 9.17) is 4.74 Å². The Kier molecular flexibility index (Phi) is 3.19. The van der Waals surface area contributed by atoms with Crippen molar-refractivity contribution in [1.82, 2.24) is 5.32 Å². The summed E-state index contributed by atoms with van der Waals surface area (Å²) >= 11 is 0. The van der Waals surface area contributed by atoms with Gasteiger partial charge in [-0.1, -0.05) is 0 Å². The van der Waals surface area contributed by atoms with Crippen LogP contribution in [-0.4, -0.2) is 26.0 Å². The average molecular weight is 194 g/mol. The van der Waals surface area contributed by atoms with E-state index in [0.717, 1.165) is 6.54 Å². The van der Waals surface area contributed by atoms with Gasteiger partial charge < -0.3 is 10.1 Å². The fourth-order valence-corrected chi connectivity index (χ4v) is 2.22. The van der Waals surface area contributed by atoms with Crippen LogP contribution in [0.2, 0.25) is 0 Å². The molecule has 14 heavy (non-hydrogen) atoms. The SMILES string of the molecule is COC1CCC(C2=CNCC=N2)CC1. The Morgan fingerprint density at radius 2 is 2.14 bits per heavy atom. The van der Waals surface area contributed by atoms with Gasteiger partial charge >= 0.3 is 0 Å². The number of aliphatic imine (C=N–C) groups is 1. The molecule has 1 N–H and O–H groups in total. The molecule has 3 nitrogen and oxygen atoms in total. The van der Waals surface area contributed by atoms with Crippen LogP contribution >= 0.6 is 0 Å². The van der Waals surface area contributed by atoms with Gasteiger partial charge in [0.15, 0.2) is 0 Å². The van der Waals surface area contributed by atoms with Gasteiger partial charge in [-0.2, -0.15) is 0 Å². The first-order valence-corrected chi connectivity index (χ1v) is 5.39. The molecule has 3 heteroatoms. The lowest BCUT2D eigenvalue weighted by atomic mass is 9.85. The minimum absolute atomic E-state index is 0.479. The molecule has 0 aromatic rings. The molecule has 1 heterocycles. The van der Waals surface area contributed by atoms with E-state index in [0.29, 0.717) is 12.0 Å². The summed E-state index contributed by atoms with van der Waals surface area (Å²) < 4.78 is 5.35. The van der Waals surface area contributed by atoms with Crippen LogP contribution in [0.15, 0.2) is 16.9 Å². The number of methoxy groups -OCH3 is 1. The zero-order valence-corrected chi connectivity index (χ0v) is 8.70. The zero-order chi connectivity index (χ0) is 9.80. The molecule has 1 saturated carbocycles. The second kappa shape index (κ2) is 4.60. The number of rotatable bonds is 2. The van der Waals surface area contributed by atoms with Crippen LogP contribution in [0.3, 0.4) is 0 Å². The van der Waals surface area contributed by atoms with Gasteiger partial charge in [-0.15, -0.1) is 0 Å². The minimum atomic E-state index is 0.479. The normalized spacial score (nSPS) is 32.2. The number of ether oxygens (including phenoxy) is 1. The van der Waals surface area contributed by atoms with Crippen LogP contribution in [0.4, 0.5) is 0 Å². The van der Waals surface area contributed by atoms with Gasteiger partial charge in [-0.25, -0.2) is 0 Å². The Bertz CT molecular complexity index is 240. The Morgan fingerprint density at radius 3 is 2.71 bits per heavy atom. The smallest absolute Gasteiger partial charge is 0.0587 e. The molecule has 0 unspecified atom stereocenters. The molecule has 1 aliphatic heterocycles. The third kappa shape index (κ3) is 2.15. The Hall–Kier alpha value is -0.830. The van der Waals surface area contributed by atoms with Crippen LogP contribution in [0.5, 0.6) is 0 Å². The average Bonchev–Trinajstić information content (AvgIpc) is 2.30. The molecular formula is C11H18N2O. The van der Waals surface area contributed by atoms with Gasteiger partial charge in [-0.3, -0.25) is 4.99 Å². The molecule has 0 aromatic carbocycles. The predicted molar refractivity (Wildman–Crippen MR) is 57.3 cm³/mol. The molecule has 2 aliphatic rings. The molecule has 0 amide bonds.